The summed E-state index contributed by atoms with van der Waals surface area (Å²) in [6, 6.07) is 8.51. The molecule has 3 nitrogen and oxygen atoms in total. The lowest BCUT2D eigenvalue weighted by atomic mass is 9.87. The van der Waals surface area contributed by atoms with E-state index < -0.39 is 0 Å². The van der Waals surface area contributed by atoms with Crippen LogP contribution in [0.3, 0.4) is 0 Å². The van der Waals surface area contributed by atoms with Crippen LogP contribution in [0.5, 0.6) is 0 Å². The van der Waals surface area contributed by atoms with Crippen molar-refractivity contribution in [1.29, 1.82) is 0 Å². The molecule has 0 atom stereocenters. The quantitative estimate of drug-likeness (QED) is 0.902. The average molecular weight is 264 g/mol. The Hall–Kier alpha value is -1.48. The lowest BCUT2D eigenvalue weighted by Crippen LogP contribution is -2.11. The Kier molecular flexibility index (Phi) is 3.35. The highest BCUT2D eigenvalue weighted by atomic mass is 35.5. The van der Waals surface area contributed by atoms with Crippen LogP contribution in [0.25, 0.3) is 0 Å². The highest BCUT2D eigenvalue weighted by Gasteiger charge is 2.13. The molecule has 96 valence electrons. The topological polar surface area (TPSA) is 43.8 Å². The smallest absolute Gasteiger partial charge is 0.140 e. The first-order valence-corrected chi connectivity index (χ1v) is 6.32. The summed E-state index contributed by atoms with van der Waals surface area (Å²) in [6.07, 6.45) is 1.57. The summed E-state index contributed by atoms with van der Waals surface area (Å²) < 4.78 is 1.70. The molecule has 0 saturated carbocycles. The Balaban J connectivity index is 2.19. The van der Waals surface area contributed by atoms with Gasteiger partial charge in [-0.1, -0.05) is 56.6 Å². The zero-order chi connectivity index (χ0) is 13.3. The van der Waals surface area contributed by atoms with E-state index in [1.54, 1.807) is 10.9 Å². The van der Waals surface area contributed by atoms with Crippen molar-refractivity contribution in [2.75, 3.05) is 5.73 Å². The maximum Gasteiger partial charge on any atom is 0.140 e. The molecule has 1 heterocycles. The number of hydrogen-bond donors (Lipinski definition) is 1. The van der Waals surface area contributed by atoms with E-state index in [4.69, 9.17) is 17.3 Å². The van der Waals surface area contributed by atoms with Gasteiger partial charge >= 0.3 is 0 Å². The largest absolute Gasteiger partial charge is 0.383 e. The first-order valence-electron chi connectivity index (χ1n) is 5.94. The van der Waals surface area contributed by atoms with E-state index in [9.17, 15) is 0 Å². The molecule has 2 N–H and O–H groups in total. The summed E-state index contributed by atoms with van der Waals surface area (Å²) >= 11 is 5.87. The molecule has 2 rings (SSSR count). The lowest BCUT2D eigenvalue weighted by molar-refractivity contribution is 0.589. The van der Waals surface area contributed by atoms with Gasteiger partial charge in [0.1, 0.15) is 10.8 Å². The van der Waals surface area contributed by atoms with Gasteiger partial charge in [0.05, 0.1) is 12.7 Å². The van der Waals surface area contributed by atoms with Crippen molar-refractivity contribution >= 4 is 17.4 Å². The van der Waals surface area contributed by atoms with Crippen molar-refractivity contribution in [3.05, 3.63) is 46.6 Å². The monoisotopic (exact) mass is 263 g/mol. The van der Waals surface area contributed by atoms with Gasteiger partial charge in [-0.2, -0.15) is 5.10 Å². The molecule has 0 fully saturated rings. The van der Waals surface area contributed by atoms with Crippen LogP contribution in [0.15, 0.2) is 30.5 Å². The standard InChI is InChI=1S/C14H18ClN3/c1-14(2,3)11-6-4-10(5-7-11)9-18-13(16)12(15)8-17-18/h4-8H,9,16H2,1-3H3. The van der Waals surface area contributed by atoms with E-state index in [0.717, 1.165) is 5.56 Å². The van der Waals surface area contributed by atoms with Crippen molar-refractivity contribution in [2.24, 2.45) is 0 Å². The third kappa shape index (κ3) is 2.67. The normalized spacial score (nSPS) is 11.8. The fourth-order valence-corrected chi connectivity index (χ4v) is 1.92. The Morgan fingerprint density at radius 2 is 1.83 bits per heavy atom. The Morgan fingerprint density at radius 1 is 1.22 bits per heavy atom. The van der Waals surface area contributed by atoms with Crippen molar-refractivity contribution < 1.29 is 0 Å². The van der Waals surface area contributed by atoms with Gasteiger partial charge in [-0.25, -0.2) is 4.68 Å². The van der Waals surface area contributed by atoms with E-state index in [1.807, 2.05) is 0 Å². The van der Waals surface area contributed by atoms with Crippen LogP contribution in [0.4, 0.5) is 5.82 Å². The molecule has 0 amide bonds. The zero-order valence-corrected chi connectivity index (χ0v) is 11.7. The van der Waals surface area contributed by atoms with Crippen LogP contribution in [-0.2, 0) is 12.0 Å². The molecule has 1 aromatic heterocycles. The maximum atomic E-state index is 5.87. The van der Waals surface area contributed by atoms with Crippen LogP contribution < -0.4 is 5.73 Å². The summed E-state index contributed by atoms with van der Waals surface area (Å²) in [7, 11) is 0. The molecule has 18 heavy (non-hydrogen) atoms. The predicted octanol–water partition coefficient (Wildman–Crippen LogP) is 3.46. The number of halogens is 1. The summed E-state index contributed by atoms with van der Waals surface area (Å²) in [6.45, 7) is 7.25. The average Bonchev–Trinajstić information content (AvgIpc) is 2.61. The molecule has 1 aromatic carbocycles. The molecule has 0 bridgehead atoms. The van der Waals surface area contributed by atoms with E-state index in [-0.39, 0.29) is 5.41 Å². The van der Waals surface area contributed by atoms with Crippen LogP contribution >= 0.6 is 11.6 Å². The van der Waals surface area contributed by atoms with Gasteiger partial charge in [-0.05, 0) is 16.5 Å². The second-order valence-electron chi connectivity index (χ2n) is 5.48. The summed E-state index contributed by atoms with van der Waals surface area (Å²) in [4.78, 5) is 0. The van der Waals surface area contributed by atoms with E-state index in [0.29, 0.717) is 17.4 Å². The zero-order valence-electron chi connectivity index (χ0n) is 10.9. The van der Waals surface area contributed by atoms with Crippen LogP contribution in [0.2, 0.25) is 5.02 Å². The molecule has 2 aromatic rings. The number of hydrogen-bond acceptors (Lipinski definition) is 2. The summed E-state index contributed by atoms with van der Waals surface area (Å²) in [5.74, 6) is 0.511. The van der Waals surface area contributed by atoms with E-state index in [1.165, 1.54) is 5.56 Å². The number of anilines is 1. The number of nitrogens with two attached hydrogens (primary N) is 1. The van der Waals surface area contributed by atoms with Crippen molar-refractivity contribution in [3.63, 3.8) is 0 Å². The van der Waals surface area contributed by atoms with Crippen LogP contribution in [0, 0.1) is 0 Å². The predicted molar refractivity (Wildman–Crippen MR) is 75.9 cm³/mol. The molecule has 0 aliphatic carbocycles. The van der Waals surface area contributed by atoms with Gasteiger partial charge in [-0.3, -0.25) is 0 Å². The Labute approximate surface area is 113 Å². The minimum atomic E-state index is 0.173. The van der Waals surface area contributed by atoms with Crippen LogP contribution in [0.1, 0.15) is 31.9 Å². The van der Waals surface area contributed by atoms with E-state index >= 15 is 0 Å². The fourth-order valence-electron chi connectivity index (χ4n) is 1.78. The summed E-state index contributed by atoms with van der Waals surface area (Å²) in [5, 5.41) is 4.64. The molecule has 0 unspecified atom stereocenters. The second kappa shape index (κ2) is 4.65. The highest BCUT2D eigenvalue weighted by Crippen LogP contribution is 2.23. The molecule has 0 aliphatic heterocycles. The first kappa shape index (κ1) is 13.0. The Morgan fingerprint density at radius 3 is 2.28 bits per heavy atom. The molecule has 0 saturated heterocycles. The number of nitrogen functional groups attached to an aromatic ring is 1. The fraction of sp³-hybridized carbons (Fsp3) is 0.357. The van der Waals surface area contributed by atoms with Crippen molar-refractivity contribution in [2.45, 2.75) is 32.7 Å². The number of aromatic nitrogens is 2. The van der Waals surface area contributed by atoms with Crippen molar-refractivity contribution in [1.82, 2.24) is 9.78 Å². The second-order valence-corrected chi connectivity index (χ2v) is 5.89. The Bertz CT molecular complexity index is 535. The van der Waals surface area contributed by atoms with E-state index in [2.05, 4.69) is 50.1 Å². The maximum absolute atomic E-state index is 5.87. The van der Waals surface area contributed by atoms with Gasteiger partial charge in [0.15, 0.2) is 0 Å². The number of rotatable bonds is 2. The lowest BCUT2D eigenvalue weighted by Gasteiger charge is -2.19. The van der Waals surface area contributed by atoms with Gasteiger partial charge in [0.25, 0.3) is 0 Å². The molecular formula is C14H18ClN3. The number of nitrogens with zero attached hydrogens (tertiary/aromatic N) is 2. The summed E-state index contributed by atoms with van der Waals surface area (Å²) in [5.41, 5.74) is 8.47. The minimum Gasteiger partial charge on any atom is -0.383 e. The molecule has 0 spiro atoms. The third-order valence-electron chi connectivity index (χ3n) is 2.99. The molecule has 4 heteroatoms. The van der Waals surface area contributed by atoms with Gasteiger partial charge in [-0.15, -0.1) is 0 Å². The first-order chi connectivity index (χ1) is 8.38. The molecular weight excluding hydrogens is 246 g/mol. The van der Waals surface area contributed by atoms with Gasteiger partial charge in [0.2, 0.25) is 0 Å². The molecule has 0 radical (unpaired) electrons. The van der Waals surface area contributed by atoms with Crippen molar-refractivity contribution in [3.8, 4) is 0 Å². The SMILES string of the molecule is CC(C)(C)c1ccc(Cn2ncc(Cl)c2N)cc1. The van der Waals surface area contributed by atoms with Gasteiger partial charge in [0, 0.05) is 0 Å². The minimum absolute atomic E-state index is 0.173. The van der Waals surface area contributed by atoms with Gasteiger partial charge < -0.3 is 5.73 Å². The number of benzene rings is 1. The third-order valence-corrected chi connectivity index (χ3v) is 3.28. The van der Waals surface area contributed by atoms with Crippen LogP contribution in [-0.4, -0.2) is 9.78 Å². The molecule has 0 aliphatic rings. The highest BCUT2D eigenvalue weighted by molar-refractivity contribution is 6.32.